The van der Waals surface area contributed by atoms with Gasteiger partial charge in [0.05, 0.1) is 19.1 Å². The molecule has 5 nitrogen and oxygen atoms in total. The third kappa shape index (κ3) is 7.85. The summed E-state index contributed by atoms with van der Waals surface area (Å²) >= 11 is 0. The van der Waals surface area contributed by atoms with Gasteiger partial charge in [-0.05, 0) is 24.3 Å². The molecule has 1 aliphatic rings. The highest BCUT2D eigenvalue weighted by atomic mass is 19.4. The van der Waals surface area contributed by atoms with Gasteiger partial charge in [-0.2, -0.15) is 0 Å². The van der Waals surface area contributed by atoms with Crippen LogP contribution in [0.15, 0.2) is 54.6 Å². The molecule has 0 radical (unpaired) electrons. The lowest BCUT2D eigenvalue weighted by molar-refractivity contribution is -0.926. The third-order valence-electron chi connectivity index (χ3n) is 5.28. The van der Waals surface area contributed by atoms with Crippen LogP contribution in [-0.2, 0) is 6.54 Å². The van der Waals surface area contributed by atoms with Gasteiger partial charge >= 0.3 is 6.36 Å². The average Bonchev–Trinajstić information content (AvgIpc) is 2.72. The maximum atomic E-state index is 12.2. The van der Waals surface area contributed by atoms with Crippen LogP contribution in [-0.4, -0.2) is 49.9 Å². The van der Waals surface area contributed by atoms with Crippen molar-refractivity contribution in [1.82, 2.24) is 0 Å². The zero-order valence-corrected chi connectivity index (χ0v) is 16.8. The number of ether oxygens (including phenoxy) is 2. The van der Waals surface area contributed by atoms with Crippen molar-refractivity contribution in [1.29, 1.82) is 0 Å². The van der Waals surface area contributed by atoms with Gasteiger partial charge in [-0.15, -0.1) is 13.2 Å². The highest BCUT2D eigenvalue weighted by Gasteiger charge is 2.31. The summed E-state index contributed by atoms with van der Waals surface area (Å²) in [4.78, 5) is 1.59. The first-order valence-corrected chi connectivity index (χ1v) is 10.2. The van der Waals surface area contributed by atoms with Crippen LogP contribution in [0.5, 0.6) is 11.5 Å². The molecule has 1 atom stereocenters. The van der Waals surface area contributed by atoms with E-state index in [2.05, 4.69) is 34.3 Å². The Morgan fingerprint density at radius 1 is 1.00 bits per heavy atom. The molecular formula is C22H29F3N2O3+2. The van der Waals surface area contributed by atoms with Gasteiger partial charge in [0, 0.05) is 18.4 Å². The van der Waals surface area contributed by atoms with Gasteiger partial charge in [0.2, 0.25) is 0 Å². The summed E-state index contributed by atoms with van der Waals surface area (Å²) in [6, 6.07) is 16.2. The second-order valence-corrected chi connectivity index (χ2v) is 7.71. The summed E-state index contributed by atoms with van der Waals surface area (Å²) < 4.78 is 45.8. The molecule has 8 heteroatoms. The lowest BCUT2D eigenvalue weighted by Crippen LogP contribution is -3.13. The third-order valence-corrected chi connectivity index (χ3v) is 5.28. The van der Waals surface area contributed by atoms with Crippen LogP contribution in [0.4, 0.5) is 13.2 Å². The number of benzene rings is 2. The van der Waals surface area contributed by atoms with E-state index in [1.807, 2.05) is 6.07 Å². The Kier molecular flexibility index (Phi) is 7.95. The number of nitrogens with two attached hydrogens (primary N) is 1. The van der Waals surface area contributed by atoms with Crippen molar-refractivity contribution >= 4 is 0 Å². The molecule has 30 heavy (non-hydrogen) atoms. The predicted octanol–water partition coefficient (Wildman–Crippen LogP) is 1.14. The number of aliphatic hydroxyl groups excluding tert-OH is 1. The molecule has 4 N–H and O–H groups in total. The van der Waals surface area contributed by atoms with E-state index in [4.69, 9.17) is 4.74 Å². The van der Waals surface area contributed by atoms with E-state index < -0.39 is 12.5 Å². The first-order chi connectivity index (χ1) is 14.4. The maximum Gasteiger partial charge on any atom is 0.573 e. The SMILES string of the molecule is O[C@@H](C[NH2+]C1CC[NH+](Cc2ccccc2)CC1)COc1ccc(OC(F)(F)F)cc1. The van der Waals surface area contributed by atoms with Crippen LogP contribution in [0.2, 0.25) is 0 Å². The van der Waals surface area contributed by atoms with Crippen molar-refractivity contribution in [3.05, 3.63) is 60.2 Å². The predicted molar refractivity (Wildman–Crippen MR) is 105 cm³/mol. The fourth-order valence-electron chi connectivity index (χ4n) is 3.69. The molecule has 0 spiro atoms. The van der Waals surface area contributed by atoms with E-state index in [0.717, 1.165) is 32.5 Å². The molecule has 1 saturated heterocycles. The Morgan fingerprint density at radius 3 is 2.27 bits per heavy atom. The van der Waals surface area contributed by atoms with Crippen LogP contribution in [0, 0.1) is 0 Å². The zero-order valence-electron chi connectivity index (χ0n) is 16.8. The number of quaternary nitrogens is 2. The lowest BCUT2D eigenvalue weighted by atomic mass is 10.0. The minimum absolute atomic E-state index is 0.0913. The molecule has 0 aliphatic carbocycles. The van der Waals surface area contributed by atoms with Gasteiger partial charge in [0.15, 0.2) is 0 Å². The van der Waals surface area contributed by atoms with E-state index in [9.17, 15) is 18.3 Å². The van der Waals surface area contributed by atoms with Gasteiger partial charge < -0.3 is 24.8 Å². The fourth-order valence-corrected chi connectivity index (χ4v) is 3.69. The summed E-state index contributed by atoms with van der Waals surface area (Å²) in [5.41, 5.74) is 1.36. The molecule has 0 unspecified atom stereocenters. The molecule has 1 aliphatic heterocycles. The van der Waals surface area contributed by atoms with E-state index in [0.29, 0.717) is 18.3 Å². The molecule has 3 rings (SSSR count). The molecule has 0 aromatic heterocycles. The molecule has 2 aromatic carbocycles. The molecule has 164 valence electrons. The Morgan fingerprint density at radius 2 is 1.63 bits per heavy atom. The quantitative estimate of drug-likeness (QED) is 0.564. The number of likely N-dealkylation sites (tertiary alicyclic amines) is 1. The lowest BCUT2D eigenvalue weighted by Gasteiger charge is -2.28. The molecule has 1 heterocycles. The Labute approximate surface area is 174 Å². The van der Waals surface area contributed by atoms with Crippen molar-refractivity contribution in [3.8, 4) is 11.5 Å². The van der Waals surface area contributed by atoms with E-state index in [-0.39, 0.29) is 12.4 Å². The number of nitrogens with one attached hydrogen (secondary N) is 1. The van der Waals surface area contributed by atoms with E-state index in [1.54, 1.807) is 4.90 Å². The fraction of sp³-hybridized carbons (Fsp3) is 0.455. The van der Waals surface area contributed by atoms with Crippen molar-refractivity contribution in [3.63, 3.8) is 0 Å². The second-order valence-electron chi connectivity index (χ2n) is 7.71. The highest BCUT2D eigenvalue weighted by molar-refractivity contribution is 5.31. The van der Waals surface area contributed by atoms with Crippen LogP contribution in [0.3, 0.4) is 0 Å². The molecule has 2 aromatic rings. The molecule has 0 saturated carbocycles. The monoisotopic (exact) mass is 426 g/mol. The van der Waals surface area contributed by atoms with Crippen LogP contribution < -0.4 is 19.7 Å². The first-order valence-electron chi connectivity index (χ1n) is 10.2. The number of hydrogen-bond acceptors (Lipinski definition) is 3. The average molecular weight is 426 g/mol. The summed E-state index contributed by atoms with van der Waals surface area (Å²) in [6.45, 7) is 3.92. The van der Waals surface area contributed by atoms with Gasteiger partial charge in [0.25, 0.3) is 0 Å². The van der Waals surface area contributed by atoms with Crippen LogP contribution in [0.1, 0.15) is 18.4 Å². The Bertz CT molecular complexity index is 748. The smallest absolute Gasteiger partial charge is 0.491 e. The van der Waals surface area contributed by atoms with Gasteiger partial charge in [0.1, 0.15) is 37.3 Å². The number of piperidine rings is 1. The van der Waals surface area contributed by atoms with Gasteiger partial charge in [-0.25, -0.2) is 0 Å². The first kappa shape index (κ1) is 22.4. The zero-order chi connectivity index (χ0) is 21.4. The summed E-state index contributed by atoms with van der Waals surface area (Å²) in [5, 5.41) is 12.3. The van der Waals surface area contributed by atoms with E-state index in [1.165, 1.54) is 29.8 Å². The number of alkyl halides is 3. The topological polar surface area (TPSA) is 59.7 Å². The molecular weight excluding hydrogens is 397 g/mol. The number of hydrogen-bond donors (Lipinski definition) is 3. The summed E-state index contributed by atoms with van der Waals surface area (Å²) in [7, 11) is 0. The Hall–Kier alpha value is -2.29. The highest BCUT2D eigenvalue weighted by Crippen LogP contribution is 2.24. The minimum atomic E-state index is -4.71. The van der Waals surface area contributed by atoms with Crippen molar-refractivity contribution < 1.29 is 38.0 Å². The largest absolute Gasteiger partial charge is 0.573 e. The number of rotatable bonds is 9. The van der Waals surface area contributed by atoms with Crippen molar-refractivity contribution in [2.75, 3.05) is 26.2 Å². The normalized spacial score (nSPS) is 20.5. The molecule has 0 amide bonds. The maximum absolute atomic E-state index is 12.2. The Balaban J connectivity index is 1.31. The molecule has 0 bridgehead atoms. The summed E-state index contributed by atoms with van der Waals surface area (Å²) in [6.07, 6.45) is -3.15. The van der Waals surface area contributed by atoms with Crippen LogP contribution in [0.25, 0.3) is 0 Å². The standard InChI is InChI=1S/C22H27F3N2O3/c23-22(24,25)30-21-8-6-20(7-9-21)29-16-19(28)14-26-18-10-12-27(13-11-18)15-17-4-2-1-3-5-17/h1-9,18-19,26,28H,10-16H2/p+2/t19-/m0/s1. The number of halogens is 3. The number of aliphatic hydroxyl groups is 1. The van der Waals surface area contributed by atoms with Crippen molar-refractivity contribution in [2.24, 2.45) is 0 Å². The van der Waals surface area contributed by atoms with Crippen LogP contribution >= 0.6 is 0 Å². The second kappa shape index (κ2) is 10.7. The summed E-state index contributed by atoms with van der Waals surface area (Å²) in [5.74, 6) is 0.0888. The minimum Gasteiger partial charge on any atom is -0.491 e. The van der Waals surface area contributed by atoms with Crippen molar-refractivity contribution in [2.45, 2.75) is 37.9 Å². The molecule has 1 fully saturated rings. The van der Waals surface area contributed by atoms with E-state index >= 15 is 0 Å². The van der Waals surface area contributed by atoms with Gasteiger partial charge in [-0.1, -0.05) is 30.3 Å². The van der Waals surface area contributed by atoms with Gasteiger partial charge in [-0.3, -0.25) is 0 Å².